The van der Waals surface area contributed by atoms with Crippen molar-refractivity contribution in [1.82, 2.24) is 9.97 Å². The van der Waals surface area contributed by atoms with Gasteiger partial charge >= 0.3 is 5.97 Å². The van der Waals surface area contributed by atoms with E-state index >= 15 is 0 Å². The Hall–Kier alpha value is -1.62. The number of nitrogens with zero attached hydrogens (tertiary/aromatic N) is 2. The van der Waals surface area contributed by atoms with Crippen LogP contribution in [0.1, 0.15) is 30.6 Å². The van der Waals surface area contributed by atoms with Gasteiger partial charge in [0.25, 0.3) is 0 Å². The Labute approximate surface area is 116 Å². The SMILES string of the molecule is CC(C)CCSc1ncnc2cc(C(=O)O)ccc12. The summed E-state index contributed by atoms with van der Waals surface area (Å²) in [7, 11) is 0. The molecule has 0 spiro atoms. The van der Waals surface area contributed by atoms with Crippen LogP contribution in [-0.4, -0.2) is 26.8 Å². The van der Waals surface area contributed by atoms with Crippen molar-refractivity contribution in [2.24, 2.45) is 5.92 Å². The van der Waals surface area contributed by atoms with Crippen LogP contribution in [0.5, 0.6) is 0 Å². The summed E-state index contributed by atoms with van der Waals surface area (Å²) in [6, 6.07) is 4.98. The topological polar surface area (TPSA) is 63.1 Å². The van der Waals surface area contributed by atoms with Gasteiger partial charge in [0.1, 0.15) is 11.4 Å². The van der Waals surface area contributed by atoms with Crippen molar-refractivity contribution in [3.05, 3.63) is 30.1 Å². The Bertz CT molecular complexity index is 599. The van der Waals surface area contributed by atoms with Gasteiger partial charge < -0.3 is 5.11 Å². The van der Waals surface area contributed by atoms with Crippen LogP contribution in [0.25, 0.3) is 10.9 Å². The first-order valence-corrected chi connectivity index (χ1v) is 7.17. The van der Waals surface area contributed by atoms with E-state index in [1.54, 1.807) is 30.0 Å². The third-order valence-electron chi connectivity index (χ3n) is 2.78. The van der Waals surface area contributed by atoms with Gasteiger partial charge in [-0.1, -0.05) is 13.8 Å². The fourth-order valence-electron chi connectivity index (χ4n) is 1.67. The van der Waals surface area contributed by atoms with E-state index < -0.39 is 5.97 Å². The Morgan fingerprint density at radius 1 is 1.37 bits per heavy atom. The third-order valence-corrected chi connectivity index (χ3v) is 3.82. The highest BCUT2D eigenvalue weighted by molar-refractivity contribution is 7.99. The minimum Gasteiger partial charge on any atom is -0.478 e. The lowest BCUT2D eigenvalue weighted by Crippen LogP contribution is -1.97. The summed E-state index contributed by atoms with van der Waals surface area (Å²) in [6.45, 7) is 4.38. The highest BCUT2D eigenvalue weighted by Crippen LogP contribution is 2.26. The number of thioether (sulfide) groups is 1. The third kappa shape index (κ3) is 3.44. The summed E-state index contributed by atoms with van der Waals surface area (Å²) in [5, 5.41) is 10.8. The lowest BCUT2D eigenvalue weighted by Gasteiger charge is -2.06. The molecule has 0 aliphatic heterocycles. The van der Waals surface area contributed by atoms with Crippen LogP contribution in [0, 0.1) is 5.92 Å². The van der Waals surface area contributed by atoms with Gasteiger partial charge in [0.05, 0.1) is 11.1 Å². The molecule has 2 aromatic rings. The molecule has 0 atom stereocenters. The molecule has 100 valence electrons. The standard InChI is InChI=1S/C14H16N2O2S/c1-9(2)5-6-19-13-11-4-3-10(14(17)18)7-12(11)15-8-16-13/h3-4,7-9H,5-6H2,1-2H3,(H,17,18). The Balaban J connectivity index is 2.27. The first-order valence-electron chi connectivity index (χ1n) is 6.19. The van der Waals surface area contributed by atoms with E-state index in [1.807, 2.05) is 0 Å². The first-order chi connectivity index (χ1) is 9.08. The molecule has 0 amide bonds. The molecule has 19 heavy (non-hydrogen) atoms. The summed E-state index contributed by atoms with van der Waals surface area (Å²) in [4.78, 5) is 19.4. The zero-order valence-corrected chi connectivity index (χ0v) is 11.8. The second-order valence-corrected chi connectivity index (χ2v) is 5.83. The number of carbonyl (C=O) groups is 1. The Kier molecular flexibility index (Phi) is 4.37. The Morgan fingerprint density at radius 3 is 2.84 bits per heavy atom. The Morgan fingerprint density at radius 2 is 2.16 bits per heavy atom. The highest BCUT2D eigenvalue weighted by Gasteiger charge is 2.08. The maximum atomic E-state index is 10.9. The lowest BCUT2D eigenvalue weighted by molar-refractivity contribution is 0.0697. The van der Waals surface area contributed by atoms with Crippen molar-refractivity contribution in [1.29, 1.82) is 0 Å². The minimum atomic E-state index is -0.936. The van der Waals surface area contributed by atoms with Crippen molar-refractivity contribution in [2.75, 3.05) is 5.75 Å². The number of hydrogen-bond acceptors (Lipinski definition) is 4. The van der Waals surface area contributed by atoms with E-state index in [-0.39, 0.29) is 5.56 Å². The number of carboxylic acids is 1. The molecule has 0 fully saturated rings. The zero-order chi connectivity index (χ0) is 13.8. The van der Waals surface area contributed by atoms with Crippen molar-refractivity contribution >= 4 is 28.6 Å². The molecular weight excluding hydrogens is 260 g/mol. The monoisotopic (exact) mass is 276 g/mol. The van der Waals surface area contributed by atoms with Crippen LogP contribution < -0.4 is 0 Å². The van der Waals surface area contributed by atoms with Crippen LogP contribution in [0.3, 0.4) is 0 Å². The molecule has 0 saturated heterocycles. The van der Waals surface area contributed by atoms with Crippen molar-refractivity contribution in [2.45, 2.75) is 25.3 Å². The molecule has 2 rings (SSSR count). The van der Waals surface area contributed by atoms with Crippen LogP contribution >= 0.6 is 11.8 Å². The molecule has 0 aliphatic carbocycles. The second-order valence-electron chi connectivity index (χ2n) is 4.75. The zero-order valence-electron chi connectivity index (χ0n) is 11.0. The molecule has 0 saturated carbocycles. The molecule has 0 aliphatic rings. The van der Waals surface area contributed by atoms with Gasteiger partial charge in [0.2, 0.25) is 0 Å². The first kappa shape index (κ1) is 13.8. The molecule has 0 bridgehead atoms. The van der Waals surface area contributed by atoms with Crippen LogP contribution in [-0.2, 0) is 0 Å². The number of rotatable bonds is 5. The van der Waals surface area contributed by atoms with Crippen molar-refractivity contribution < 1.29 is 9.90 Å². The van der Waals surface area contributed by atoms with Crippen molar-refractivity contribution in [3.63, 3.8) is 0 Å². The smallest absolute Gasteiger partial charge is 0.335 e. The van der Waals surface area contributed by atoms with E-state index in [1.165, 1.54) is 6.33 Å². The number of aromatic nitrogens is 2. The van der Waals surface area contributed by atoms with E-state index in [4.69, 9.17) is 5.11 Å². The molecular formula is C14H16N2O2S. The normalized spacial score (nSPS) is 11.1. The number of hydrogen-bond donors (Lipinski definition) is 1. The van der Waals surface area contributed by atoms with Gasteiger partial charge in [0.15, 0.2) is 0 Å². The van der Waals surface area contributed by atoms with E-state index in [9.17, 15) is 4.79 Å². The fraction of sp³-hybridized carbons (Fsp3) is 0.357. The predicted octanol–water partition coefficient (Wildman–Crippen LogP) is 3.47. The summed E-state index contributed by atoms with van der Waals surface area (Å²) < 4.78 is 0. The van der Waals surface area contributed by atoms with Gasteiger partial charge in [-0.3, -0.25) is 0 Å². The van der Waals surface area contributed by atoms with Gasteiger partial charge in [-0.25, -0.2) is 14.8 Å². The van der Waals surface area contributed by atoms with E-state index in [2.05, 4.69) is 23.8 Å². The largest absolute Gasteiger partial charge is 0.478 e. The average molecular weight is 276 g/mol. The maximum absolute atomic E-state index is 10.9. The highest BCUT2D eigenvalue weighted by atomic mass is 32.2. The molecule has 1 N–H and O–H groups in total. The minimum absolute atomic E-state index is 0.254. The average Bonchev–Trinajstić information content (AvgIpc) is 2.37. The van der Waals surface area contributed by atoms with Gasteiger partial charge in [-0.2, -0.15) is 0 Å². The van der Waals surface area contributed by atoms with Crippen LogP contribution in [0.2, 0.25) is 0 Å². The van der Waals surface area contributed by atoms with E-state index in [0.29, 0.717) is 11.4 Å². The van der Waals surface area contributed by atoms with Gasteiger partial charge in [-0.05, 0) is 36.3 Å². The molecule has 5 heteroatoms. The molecule has 0 radical (unpaired) electrons. The van der Waals surface area contributed by atoms with Crippen molar-refractivity contribution in [3.8, 4) is 0 Å². The summed E-state index contributed by atoms with van der Waals surface area (Å²) in [6.07, 6.45) is 2.62. The van der Waals surface area contributed by atoms with E-state index in [0.717, 1.165) is 22.6 Å². The number of carboxylic acid groups (broad SMARTS) is 1. The maximum Gasteiger partial charge on any atom is 0.335 e. The summed E-state index contributed by atoms with van der Waals surface area (Å²) in [5.41, 5.74) is 0.936. The number of benzene rings is 1. The van der Waals surface area contributed by atoms with Gasteiger partial charge in [-0.15, -0.1) is 11.8 Å². The second kappa shape index (κ2) is 6.02. The molecule has 1 heterocycles. The quantitative estimate of drug-likeness (QED) is 0.669. The lowest BCUT2D eigenvalue weighted by atomic mass is 10.1. The summed E-state index contributed by atoms with van der Waals surface area (Å²) in [5.74, 6) is 0.735. The fourth-order valence-corrected chi connectivity index (χ4v) is 2.90. The van der Waals surface area contributed by atoms with Crippen LogP contribution in [0.4, 0.5) is 0 Å². The summed E-state index contributed by atoms with van der Waals surface area (Å²) >= 11 is 1.69. The van der Waals surface area contributed by atoms with Gasteiger partial charge in [0, 0.05) is 5.39 Å². The van der Waals surface area contributed by atoms with Crippen LogP contribution in [0.15, 0.2) is 29.6 Å². The predicted molar refractivity (Wildman–Crippen MR) is 76.7 cm³/mol. The molecule has 0 unspecified atom stereocenters. The molecule has 4 nitrogen and oxygen atoms in total. The molecule has 1 aromatic heterocycles. The molecule has 1 aromatic carbocycles. The number of fused-ring (bicyclic) bond motifs is 1. The number of aromatic carboxylic acids is 1.